The average Bonchev–Trinajstić information content (AvgIpc) is 3.16. The molecule has 12 heteroatoms. The first-order chi connectivity index (χ1) is 17.9. The summed E-state index contributed by atoms with van der Waals surface area (Å²) in [4.78, 5) is 2.40. The van der Waals surface area contributed by atoms with E-state index in [2.05, 4.69) is 22.5 Å². The molecule has 0 saturated carbocycles. The van der Waals surface area contributed by atoms with Crippen molar-refractivity contribution in [2.75, 3.05) is 63.8 Å². The summed E-state index contributed by atoms with van der Waals surface area (Å²) in [5.74, 6) is 5.98. The fourth-order valence-electron chi connectivity index (χ4n) is 3.62. The van der Waals surface area contributed by atoms with Crippen LogP contribution in [0.15, 0.2) is 41.3 Å². The van der Waals surface area contributed by atoms with Crippen LogP contribution in [-0.2, 0) is 16.3 Å². The van der Waals surface area contributed by atoms with Gasteiger partial charge in [-0.1, -0.05) is 24.0 Å². The molecule has 1 aromatic heterocycles. The number of nitrogens with zero attached hydrogens (tertiary/aromatic N) is 1. The summed E-state index contributed by atoms with van der Waals surface area (Å²) < 4.78 is 70.2. The molecule has 0 unspecified atom stereocenters. The summed E-state index contributed by atoms with van der Waals surface area (Å²) >= 11 is 1.22. The van der Waals surface area contributed by atoms with Crippen LogP contribution in [0.3, 0.4) is 0 Å². The van der Waals surface area contributed by atoms with Crippen LogP contribution in [0.1, 0.15) is 10.4 Å². The molecule has 0 saturated heterocycles. The molecule has 206 valence electrons. The normalized spacial score (nSPS) is 11.9. The van der Waals surface area contributed by atoms with Crippen molar-refractivity contribution in [3.63, 3.8) is 0 Å². The third kappa shape index (κ3) is 8.26. The highest BCUT2D eigenvalue weighted by Crippen LogP contribution is 2.39. The predicted octanol–water partition coefficient (Wildman–Crippen LogP) is 4.22. The summed E-state index contributed by atoms with van der Waals surface area (Å²) in [5.41, 5.74) is 1.35. The van der Waals surface area contributed by atoms with Crippen LogP contribution in [0.5, 0.6) is 5.75 Å². The monoisotopic (exact) mass is 569 g/mol. The minimum absolute atomic E-state index is 0.0406. The van der Waals surface area contributed by atoms with E-state index in [0.717, 1.165) is 23.2 Å². The number of likely N-dealkylation sites (N-methyl/N-ethyl adjacent to an activating group) is 1. The van der Waals surface area contributed by atoms with Crippen LogP contribution in [-0.4, -0.2) is 77.8 Å². The third-order valence-electron chi connectivity index (χ3n) is 5.37. The number of hydrogen-bond donors (Lipinski definition) is 3. The van der Waals surface area contributed by atoms with E-state index in [1.54, 1.807) is 12.1 Å². The lowest BCUT2D eigenvalue weighted by molar-refractivity contribution is -0.126. The summed E-state index contributed by atoms with van der Waals surface area (Å²) in [6, 6.07) is 9.54. The number of benzene rings is 2. The second-order valence-corrected chi connectivity index (χ2v) is 11.8. The van der Waals surface area contributed by atoms with Gasteiger partial charge in [0.15, 0.2) is 9.84 Å². The molecule has 1 heterocycles. The van der Waals surface area contributed by atoms with Crippen LogP contribution in [0, 0.1) is 11.8 Å². The number of halogens is 3. The van der Waals surface area contributed by atoms with Gasteiger partial charge in [-0.05, 0) is 43.2 Å². The molecule has 3 aromatic rings. The maximum absolute atomic E-state index is 13.4. The van der Waals surface area contributed by atoms with E-state index in [4.69, 9.17) is 9.84 Å². The molecule has 0 fully saturated rings. The zero-order valence-corrected chi connectivity index (χ0v) is 22.9. The van der Waals surface area contributed by atoms with Crippen molar-refractivity contribution >= 4 is 42.6 Å². The van der Waals surface area contributed by atoms with Gasteiger partial charge in [-0.25, -0.2) is 8.42 Å². The number of rotatable bonds is 11. The number of sulfone groups is 1. The van der Waals surface area contributed by atoms with Crippen molar-refractivity contribution in [3.05, 3.63) is 46.8 Å². The van der Waals surface area contributed by atoms with E-state index in [1.807, 2.05) is 25.1 Å². The van der Waals surface area contributed by atoms with Gasteiger partial charge >= 0.3 is 6.18 Å². The van der Waals surface area contributed by atoms with E-state index in [1.165, 1.54) is 29.5 Å². The summed E-state index contributed by atoms with van der Waals surface area (Å²) in [5, 5.41) is 15.9. The zero-order valence-electron chi connectivity index (χ0n) is 21.3. The second-order valence-electron chi connectivity index (χ2n) is 8.77. The van der Waals surface area contributed by atoms with Gasteiger partial charge in [-0.15, -0.1) is 11.3 Å². The highest BCUT2D eigenvalue weighted by Gasteiger charge is 2.31. The largest absolute Gasteiger partial charge is 0.489 e. The van der Waals surface area contributed by atoms with Gasteiger partial charge in [0, 0.05) is 25.4 Å². The molecule has 0 aliphatic rings. The molecular weight excluding hydrogens is 539 g/mol. The topological polar surface area (TPSA) is 90.9 Å². The van der Waals surface area contributed by atoms with Gasteiger partial charge < -0.3 is 25.4 Å². The number of aliphatic hydroxyl groups excluding tert-OH is 1. The van der Waals surface area contributed by atoms with Crippen molar-refractivity contribution < 1.29 is 31.4 Å². The van der Waals surface area contributed by atoms with E-state index >= 15 is 0 Å². The lowest BCUT2D eigenvalue weighted by Gasteiger charge is -2.12. The second kappa shape index (κ2) is 12.7. The number of alkyl halides is 3. The molecule has 0 radical (unpaired) electrons. The van der Waals surface area contributed by atoms with Crippen molar-refractivity contribution in [1.82, 2.24) is 4.90 Å². The molecule has 0 bridgehead atoms. The van der Waals surface area contributed by atoms with Gasteiger partial charge in [0.05, 0.1) is 45.4 Å². The lowest BCUT2D eigenvalue weighted by Crippen LogP contribution is -2.20. The van der Waals surface area contributed by atoms with E-state index in [0.29, 0.717) is 22.5 Å². The van der Waals surface area contributed by atoms with Crippen molar-refractivity contribution in [2.24, 2.45) is 0 Å². The Morgan fingerprint density at radius 3 is 2.55 bits per heavy atom. The molecular formula is C26H30F3N3O4S2. The molecule has 0 aliphatic heterocycles. The minimum Gasteiger partial charge on any atom is -0.489 e. The quantitative estimate of drug-likeness (QED) is 0.298. The van der Waals surface area contributed by atoms with Crippen LogP contribution in [0.2, 0.25) is 0 Å². The van der Waals surface area contributed by atoms with E-state index in [-0.39, 0.29) is 36.0 Å². The fraction of sp³-hybridized carbons (Fsp3) is 0.385. The Kier molecular flexibility index (Phi) is 9.89. The Morgan fingerprint density at radius 1 is 1.13 bits per heavy atom. The van der Waals surface area contributed by atoms with Gasteiger partial charge in [0.2, 0.25) is 0 Å². The first-order valence-corrected chi connectivity index (χ1v) is 14.4. The van der Waals surface area contributed by atoms with Crippen LogP contribution < -0.4 is 15.4 Å². The summed E-state index contributed by atoms with van der Waals surface area (Å²) in [6.07, 6.45) is -4.40. The molecule has 0 amide bonds. The zero-order chi connectivity index (χ0) is 27.9. The average molecular weight is 570 g/mol. The van der Waals surface area contributed by atoms with Crippen molar-refractivity contribution in [3.8, 4) is 17.6 Å². The molecule has 0 atom stereocenters. The first-order valence-electron chi connectivity index (χ1n) is 11.7. The highest BCUT2D eigenvalue weighted by molar-refractivity contribution is 7.90. The Balaban J connectivity index is 1.88. The number of aliphatic hydroxyl groups is 1. The number of ether oxygens (including phenoxy) is 1. The first kappa shape index (κ1) is 29.6. The van der Waals surface area contributed by atoms with E-state index in [9.17, 15) is 21.6 Å². The maximum atomic E-state index is 13.4. The lowest BCUT2D eigenvalue weighted by atomic mass is 10.1. The van der Waals surface area contributed by atoms with Crippen LogP contribution in [0.25, 0.3) is 10.1 Å². The Morgan fingerprint density at radius 2 is 1.89 bits per heavy atom. The minimum atomic E-state index is -4.39. The number of anilines is 2. The Labute approximate surface area is 224 Å². The number of thiophene rings is 1. The highest BCUT2D eigenvalue weighted by atomic mass is 32.2. The number of fused-ring (bicyclic) bond motifs is 1. The Bertz CT molecular complexity index is 1430. The van der Waals surface area contributed by atoms with Crippen molar-refractivity contribution in [1.29, 1.82) is 0 Å². The molecule has 7 nitrogen and oxygen atoms in total. The number of hydrogen-bond acceptors (Lipinski definition) is 8. The Hall–Kier alpha value is -2.98. The van der Waals surface area contributed by atoms with Crippen molar-refractivity contribution in [2.45, 2.75) is 17.5 Å². The molecule has 3 rings (SSSR count). The molecule has 0 spiro atoms. The van der Waals surface area contributed by atoms with Crippen LogP contribution in [0.4, 0.5) is 24.5 Å². The molecule has 38 heavy (non-hydrogen) atoms. The third-order valence-corrected chi connectivity index (χ3v) is 7.68. The standard InChI is InChI=1S/C26H30F3N3O4S2/c1-32(2)13-12-31-22-7-4-6-19-20(17-26(27,28)29)24(37-25(19)22)8-5-11-30-21-10-9-18(38(3,34)35)16-23(21)36-15-14-33/h4,6-7,9-10,16,30-31,33H,11-15,17H2,1-3H3. The summed E-state index contributed by atoms with van der Waals surface area (Å²) in [7, 11) is 0.414. The number of nitrogens with one attached hydrogen (secondary N) is 2. The van der Waals surface area contributed by atoms with E-state index < -0.39 is 22.4 Å². The smallest absolute Gasteiger partial charge is 0.393 e. The van der Waals surface area contributed by atoms with Crippen LogP contribution >= 0.6 is 11.3 Å². The molecule has 0 aliphatic carbocycles. The molecule has 3 N–H and O–H groups in total. The SMILES string of the molecule is CN(C)CCNc1cccc2c(CC(F)(F)F)c(C#CCNc3ccc(S(C)(=O)=O)cc3OCCO)sc12. The van der Waals surface area contributed by atoms with Gasteiger partial charge in [-0.2, -0.15) is 13.2 Å². The van der Waals surface area contributed by atoms with Gasteiger partial charge in [-0.3, -0.25) is 0 Å². The fourth-order valence-corrected chi connectivity index (χ4v) is 5.44. The summed E-state index contributed by atoms with van der Waals surface area (Å²) in [6.45, 7) is 1.18. The van der Waals surface area contributed by atoms with Gasteiger partial charge in [0.1, 0.15) is 12.4 Å². The predicted molar refractivity (Wildman–Crippen MR) is 146 cm³/mol. The molecule has 2 aromatic carbocycles. The van der Waals surface area contributed by atoms with Gasteiger partial charge in [0.25, 0.3) is 0 Å². The maximum Gasteiger partial charge on any atom is 0.393 e.